The van der Waals surface area contributed by atoms with Crippen LogP contribution in [0.3, 0.4) is 0 Å². The molecule has 1 saturated heterocycles. The van der Waals surface area contributed by atoms with Gasteiger partial charge in [-0.3, -0.25) is 14.7 Å². The normalized spacial score (nSPS) is 21.1. The zero-order valence-electron chi connectivity index (χ0n) is 15.0. The van der Waals surface area contributed by atoms with E-state index in [2.05, 4.69) is 35.1 Å². The van der Waals surface area contributed by atoms with Crippen LogP contribution >= 0.6 is 0 Å². The number of ether oxygens (including phenoxy) is 1. The zero-order valence-corrected chi connectivity index (χ0v) is 15.0. The molecule has 1 N–H and O–H groups in total. The van der Waals surface area contributed by atoms with Gasteiger partial charge in [-0.1, -0.05) is 12.1 Å². The lowest BCUT2D eigenvalue weighted by molar-refractivity contribution is -0.0704. The molecule has 2 atom stereocenters. The fraction of sp³-hybridized carbons (Fsp3) is 0.400. The van der Waals surface area contributed by atoms with E-state index in [1.807, 2.05) is 25.1 Å². The summed E-state index contributed by atoms with van der Waals surface area (Å²) >= 11 is 0. The minimum Gasteiger partial charge on any atom is -0.373 e. The van der Waals surface area contributed by atoms with Crippen molar-refractivity contribution in [2.24, 2.45) is 0 Å². The number of pyridine rings is 1. The highest BCUT2D eigenvalue weighted by Crippen LogP contribution is 2.18. The summed E-state index contributed by atoms with van der Waals surface area (Å²) in [5, 5.41) is 2.97. The number of amides is 1. The molecular formula is C20H25N3O2. The van der Waals surface area contributed by atoms with Crippen molar-refractivity contribution in [2.75, 3.05) is 18.4 Å². The molecule has 1 aromatic carbocycles. The van der Waals surface area contributed by atoms with E-state index < -0.39 is 0 Å². The molecule has 132 valence electrons. The summed E-state index contributed by atoms with van der Waals surface area (Å²) in [6.45, 7) is 8.76. The van der Waals surface area contributed by atoms with Crippen LogP contribution in [-0.4, -0.2) is 41.1 Å². The van der Waals surface area contributed by atoms with Gasteiger partial charge in [0.25, 0.3) is 5.91 Å². The maximum absolute atomic E-state index is 12.4. The lowest BCUT2D eigenvalue weighted by Gasteiger charge is -2.35. The molecule has 0 aliphatic carbocycles. The predicted molar refractivity (Wildman–Crippen MR) is 98.7 cm³/mol. The molecule has 1 fully saturated rings. The molecule has 5 nitrogen and oxygen atoms in total. The Morgan fingerprint density at radius 3 is 2.72 bits per heavy atom. The van der Waals surface area contributed by atoms with E-state index in [0.717, 1.165) is 31.0 Å². The van der Waals surface area contributed by atoms with E-state index in [1.165, 1.54) is 5.56 Å². The number of aromatic nitrogens is 1. The number of carbonyl (C=O) groups is 1. The molecule has 3 rings (SSSR count). The van der Waals surface area contributed by atoms with Crippen LogP contribution in [0.5, 0.6) is 0 Å². The summed E-state index contributed by atoms with van der Waals surface area (Å²) in [4.78, 5) is 19.0. The highest BCUT2D eigenvalue weighted by Gasteiger charge is 2.22. The van der Waals surface area contributed by atoms with E-state index in [1.54, 1.807) is 18.3 Å². The third-order valence-electron chi connectivity index (χ3n) is 4.34. The van der Waals surface area contributed by atoms with Crippen molar-refractivity contribution in [1.82, 2.24) is 9.88 Å². The quantitative estimate of drug-likeness (QED) is 0.929. The molecule has 0 radical (unpaired) electrons. The minimum atomic E-state index is -0.128. The van der Waals surface area contributed by atoms with Crippen molar-refractivity contribution >= 4 is 11.6 Å². The number of carbonyl (C=O) groups excluding carboxylic acids is 1. The Morgan fingerprint density at radius 1 is 1.24 bits per heavy atom. The van der Waals surface area contributed by atoms with Gasteiger partial charge in [0.1, 0.15) is 0 Å². The first kappa shape index (κ1) is 17.6. The zero-order chi connectivity index (χ0) is 17.8. The van der Waals surface area contributed by atoms with Gasteiger partial charge in [0, 0.05) is 37.2 Å². The molecular weight excluding hydrogens is 314 g/mol. The number of anilines is 1. The number of benzene rings is 1. The first-order chi connectivity index (χ1) is 12.0. The van der Waals surface area contributed by atoms with Crippen molar-refractivity contribution in [2.45, 2.75) is 39.5 Å². The Morgan fingerprint density at radius 2 is 2.00 bits per heavy atom. The smallest absolute Gasteiger partial charge is 0.257 e. The number of hydrogen-bond donors (Lipinski definition) is 1. The van der Waals surface area contributed by atoms with Crippen LogP contribution in [0.2, 0.25) is 0 Å². The second kappa shape index (κ2) is 7.76. The van der Waals surface area contributed by atoms with Gasteiger partial charge in [-0.15, -0.1) is 0 Å². The second-order valence-electron chi connectivity index (χ2n) is 6.74. The highest BCUT2D eigenvalue weighted by molar-refractivity contribution is 6.04. The molecule has 0 saturated carbocycles. The van der Waals surface area contributed by atoms with Gasteiger partial charge in [-0.2, -0.15) is 0 Å². The molecule has 0 spiro atoms. The molecule has 1 aliphatic heterocycles. The summed E-state index contributed by atoms with van der Waals surface area (Å²) < 4.78 is 5.79. The average Bonchev–Trinajstić information content (AvgIpc) is 2.54. The first-order valence-corrected chi connectivity index (χ1v) is 8.71. The van der Waals surface area contributed by atoms with Gasteiger partial charge in [0.2, 0.25) is 0 Å². The molecule has 2 heterocycles. The van der Waals surface area contributed by atoms with Crippen LogP contribution in [0.25, 0.3) is 0 Å². The molecule has 1 aliphatic rings. The number of aryl methyl sites for hydroxylation is 1. The number of morpholine rings is 1. The van der Waals surface area contributed by atoms with Crippen LogP contribution < -0.4 is 5.32 Å². The highest BCUT2D eigenvalue weighted by atomic mass is 16.5. The topological polar surface area (TPSA) is 54.5 Å². The monoisotopic (exact) mass is 339 g/mol. The van der Waals surface area contributed by atoms with Gasteiger partial charge in [0.05, 0.1) is 17.8 Å². The van der Waals surface area contributed by atoms with Gasteiger partial charge >= 0.3 is 0 Å². The molecule has 5 heteroatoms. The second-order valence-corrected chi connectivity index (χ2v) is 6.74. The third-order valence-corrected chi connectivity index (χ3v) is 4.34. The van der Waals surface area contributed by atoms with Crippen LogP contribution in [0, 0.1) is 6.92 Å². The summed E-state index contributed by atoms with van der Waals surface area (Å²) in [6, 6.07) is 11.6. The predicted octanol–water partition coefficient (Wildman–Crippen LogP) is 3.25. The lowest BCUT2D eigenvalue weighted by atomic mass is 10.1. The van der Waals surface area contributed by atoms with Crippen molar-refractivity contribution in [3.8, 4) is 0 Å². The van der Waals surface area contributed by atoms with Crippen molar-refractivity contribution in [3.63, 3.8) is 0 Å². The Bertz CT molecular complexity index is 737. The van der Waals surface area contributed by atoms with E-state index in [9.17, 15) is 4.79 Å². The van der Waals surface area contributed by atoms with Crippen LogP contribution in [0.4, 0.5) is 5.69 Å². The number of nitrogens with one attached hydrogen (secondary N) is 1. The average molecular weight is 339 g/mol. The summed E-state index contributed by atoms with van der Waals surface area (Å²) in [5.41, 5.74) is 3.32. The Labute approximate surface area is 149 Å². The third kappa shape index (κ3) is 4.65. The molecule has 1 amide bonds. The van der Waals surface area contributed by atoms with Crippen molar-refractivity contribution in [3.05, 3.63) is 59.4 Å². The fourth-order valence-electron chi connectivity index (χ4n) is 3.34. The molecule has 25 heavy (non-hydrogen) atoms. The SMILES string of the molecule is Cc1ncccc1C(=O)Nc1cccc(CN2C[C@@H](C)O[C@H](C)C2)c1. The fourth-order valence-corrected chi connectivity index (χ4v) is 3.34. The summed E-state index contributed by atoms with van der Waals surface area (Å²) in [6.07, 6.45) is 2.19. The van der Waals surface area contributed by atoms with Gasteiger partial charge in [0.15, 0.2) is 0 Å². The minimum absolute atomic E-state index is 0.128. The molecule has 1 aromatic heterocycles. The number of rotatable bonds is 4. The molecule has 2 aromatic rings. The van der Waals surface area contributed by atoms with E-state index in [-0.39, 0.29) is 18.1 Å². The van der Waals surface area contributed by atoms with Crippen LogP contribution in [-0.2, 0) is 11.3 Å². The van der Waals surface area contributed by atoms with E-state index in [0.29, 0.717) is 5.56 Å². The maximum atomic E-state index is 12.4. The maximum Gasteiger partial charge on any atom is 0.257 e. The van der Waals surface area contributed by atoms with Gasteiger partial charge in [-0.25, -0.2) is 0 Å². The van der Waals surface area contributed by atoms with Crippen molar-refractivity contribution < 1.29 is 9.53 Å². The lowest BCUT2D eigenvalue weighted by Crippen LogP contribution is -2.44. The first-order valence-electron chi connectivity index (χ1n) is 8.71. The Balaban J connectivity index is 1.67. The Kier molecular flexibility index (Phi) is 5.46. The van der Waals surface area contributed by atoms with E-state index >= 15 is 0 Å². The molecule has 0 bridgehead atoms. The van der Waals surface area contributed by atoms with Crippen LogP contribution in [0.15, 0.2) is 42.6 Å². The number of nitrogens with zero attached hydrogens (tertiary/aromatic N) is 2. The van der Waals surface area contributed by atoms with E-state index in [4.69, 9.17) is 4.74 Å². The van der Waals surface area contributed by atoms with Crippen LogP contribution in [0.1, 0.15) is 35.5 Å². The van der Waals surface area contributed by atoms with Gasteiger partial charge < -0.3 is 10.1 Å². The molecule has 0 unspecified atom stereocenters. The largest absolute Gasteiger partial charge is 0.373 e. The number of hydrogen-bond acceptors (Lipinski definition) is 4. The van der Waals surface area contributed by atoms with Gasteiger partial charge in [-0.05, 0) is 50.6 Å². The Hall–Kier alpha value is -2.24. The summed E-state index contributed by atoms with van der Waals surface area (Å²) in [7, 11) is 0. The standard InChI is InChI=1S/C20H25N3O2/c1-14-11-23(12-15(2)25-14)13-17-6-4-7-18(10-17)22-20(24)19-8-5-9-21-16(19)3/h4-10,14-15H,11-13H2,1-3H3,(H,22,24)/t14-,15-/m1/s1. The summed E-state index contributed by atoms with van der Waals surface area (Å²) in [5.74, 6) is -0.128. The van der Waals surface area contributed by atoms with Crippen molar-refractivity contribution in [1.29, 1.82) is 0 Å².